The number of aliphatic hydroxyl groups is 1. The van der Waals surface area contributed by atoms with E-state index in [2.05, 4.69) is 11.1 Å². The SMILES string of the molecule is COc1cc(-c2c(C#N)c(N)nc(SCCCO)c2C#N)cc(OC)c1O. The van der Waals surface area contributed by atoms with E-state index in [9.17, 15) is 15.6 Å². The maximum atomic E-state index is 10.1. The quantitative estimate of drug-likeness (QED) is 0.482. The van der Waals surface area contributed by atoms with Crippen molar-refractivity contribution in [3.05, 3.63) is 23.3 Å². The largest absolute Gasteiger partial charge is 0.502 e. The highest BCUT2D eigenvalue weighted by Crippen LogP contribution is 2.43. The van der Waals surface area contributed by atoms with Gasteiger partial charge in [-0.15, -0.1) is 11.8 Å². The second kappa shape index (κ2) is 8.99. The minimum atomic E-state index is -0.194. The van der Waals surface area contributed by atoms with Crippen LogP contribution in [-0.2, 0) is 0 Å². The predicted molar refractivity (Wildman–Crippen MR) is 101 cm³/mol. The molecule has 1 heterocycles. The molecule has 0 fully saturated rings. The van der Waals surface area contributed by atoms with Gasteiger partial charge < -0.3 is 25.4 Å². The van der Waals surface area contributed by atoms with Crippen LogP contribution < -0.4 is 15.2 Å². The number of methoxy groups -OCH3 is 2. The summed E-state index contributed by atoms with van der Waals surface area (Å²) in [6, 6.07) is 7.07. The number of nitrogens with two attached hydrogens (primary N) is 1. The van der Waals surface area contributed by atoms with Gasteiger partial charge in [0.25, 0.3) is 0 Å². The molecule has 0 aliphatic carbocycles. The first kappa shape index (κ1) is 20.2. The van der Waals surface area contributed by atoms with Crippen LogP contribution in [0.2, 0.25) is 0 Å². The smallest absolute Gasteiger partial charge is 0.200 e. The third-order valence-corrected chi connectivity index (χ3v) is 4.79. The highest BCUT2D eigenvalue weighted by molar-refractivity contribution is 7.99. The van der Waals surface area contributed by atoms with Crippen LogP contribution in [0, 0.1) is 22.7 Å². The van der Waals surface area contributed by atoms with Crippen molar-refractivity contribution in [3.63, 3.8) is 0 Å². The van der Waals surface area contributed by atoms with E-state index in [0.717, 1.165) is 0 Å². The molecule has 0 saturated carbocycles. The second-order valence-corrected chi connectivity index (χ2v) is 6.39. The Morgan fingerprint density at radius 3 is 2.22 bits per heavy atom. The number of nitrogens with zero attached hydrogens (tertiary/aromatic N) is 3. The van der Waals surface area contributed by atoms with Crippen LogP contribution in [0.15, 0.2) is 17.2 Å². The Hall–Kier alpha value is -3.14. The zero-order valence-corrected chi connectivity index (χ0v) is 15.6. The Kier molecular flexibility index (Phi) is 6.72. The molecule has 0 bridgehead atoms. The predicted octanol–water partition coefficient (Wildman–Crippen LogP) is 2.27. The summed E-state index contributed by atoms with van der Waals surface area (Å²) in [7, 11) is 2.76. The highest BCUT2D eigenvalue weighted by atomic mass is 32.2. The number of anilines is 1. The van der Waals surface area contributed by atoms with Gasteiger partial charge in [-0.1, -0.05) is 0 Å². The van der Waals surface area contributed by atoms with Crippen molar-refractivity contribution >= 4 is 17.6 Å². The van der Waals surface area contributed by atoms with Crippen LogP contribution in [-0.4, -0.2) is 41.8 Å². The van der Waals surface area contributed by atoms with Crippen molar-refractivity contribution in [2.24, 2.45) is 0 Å². The van der Waals surface area contributed by atoms with Gasteiger partial charge in [-0.05, 0) is 24.1 Å². The average molecular weight is 386 g/mol. The summed E-state index contributed by atoms with van der Waals surface area (Å²) >= 11 is 1.27. The third kappa shape index (κ3) is 4.00. The van der Waals surface area contributed by atoms with Gasteiger partial charge in [0.1, 0.15) is 28.5 Å². The monoisotopic (exact) mass is 386 g/mol. The summed E-state index contributed by atoms with van der Waals surface area (Å²) in [4.78, 5) is 4.18. The molecule has 27 heavy (non-hydrogen) atoms. The molecule has 2 rings (SSSR count). The van der Waals surface area contributed by atoms with Crippen molar-refractivity contribution in [2.45, 2.75) is 11.4 Å². The number of aliphatic hydroxyl groups excluding tert-OH is 1. The van der Waals surface area contributed by atoms with Crippen LogP contribution in [0.25, 0.3) is 11.1 Å². The number of nitrogen functional groups attached to an aromatic ring is 1. The number of thioether (sulfide) groups is 1. The minimum absolute atomic E-state index is 0.0102. The molecule has 0 unspecified atom stereocenters. The van der Waals surface area contributed by atoms with Crippen LogP contribution in [0.1, 0.15) is 17.5 Å². The summed E-state index contributed by atoms with van der Waals surface area (Å²) < 4.78 is 10.3. The molecule has 1 aromatic heterocycles. The van der Waals surface area contributed by atoms with Crippen LogP contribution in [0.4, 0.5) is 5.82 Å². The number of aromatic nitrogens is 1. The lowest BCUT2D eigenvalue weighted by Gasteiger charge is -2.15. The van der Waals surface area contributed by atoms with Gasteiger partial charge in [-0.3, -0.25) is 0 Å². The number of phenolic OH excluding ortho intramolecular Hbond substituents is 1. The number of rotatable bonds is 7. The molecule has 0 aliphatic rings. The first-order chi connectivity index (χ1) is 13.0. The number of ether oxygens (including phenoxy) is 2. The van der Waals surface area contributed by atoms with Crippen molar-refractivity contribution in [1.82, 2.24) is 4.98 Å². The van der Waals surface area contributed by atoms with Crippen molar-refractivity contribution in [3.8, 4) is 40.5 Å². The first-order valence-corrected chi connectivity index (χ1v) is 8.83. The molecule has 0 aliphatic heterocycles. The Labute approximate surface area is 160 Å². The number of phenols is 1. The number of aromatic hydroxyl groups is 1. The van der Waals surface area contributed by atoms with Gasteiger partial charge in [-0.2, -0.15) is 10.5 Å². The maximum Gasteiger partial charge on any atom is 0.200 e. The van der Waals surface area contributed by atoms with Gasteiger partial charge in [-0.25, -0.2) is 4.98 Å². The normalized spacial score (nSPS) is 10.1. The fourth-order valence-corrected chi connectivity index (χ4v) is 3.38. The zero-order chi connectivity index (χ0) is 20.0. The molecule has 2 aromatic rings. The van der Waals surface area contributed by atoms with Gasteiger partial charge >= 0.3 is 0 Å². The first-order valence-electron chi connectivity index (χ1n) is 7.85. The van der Waals surface area contributed by atoms with E-state index >= 15 is 0 Å². The average Bonchev–Trinajstić information content (AvgIpc) is 2.68. The molecule has 0 atom stereocenters. The number of hydrogen-bond acceptors (Lipinski definition) is 9. The fourth-order valence-electron chi connectivity index (χ4n) is 2.46. The Morgan fingerprint density at radius 2 is 1.74 bits per heavy atom. The van der Waals surface area contributed by atoms with Crippen LogP contribution in [0.3, 0.4) is 0 Å². The molecule has 8 nitrogen and oxygen atoms in total. The van der Waals surface area contributed by atoms with Crippen molar-refractivity contribution < 1.29 is 19.7 Å². The minimum Gasteiger partial charge on any atom is -0.502 e. The summed E-state index contributed by atoms with van der Waals surface area (Å²) in [5.74, 6) is 0.582. The standard InChI is InChI=1S/C18H18N4O4S/c1-25-13-6-10(7-14(26-2)16(13)24)15-11(8-19)17(21)22-18(12(15)9-20)27-5-3-4-23/h6-7,23-24H,3-5H2,1-2H3,(H2,21,22). The second-order valence-electron chi connectivity index (χ2n) is 5.31. The zero-order valence-electron chi connectivity index (χ0n) is 14.8. The third-order valence-electron chi connectivity index (χ3n) is 3.73. The topological polar surface area (TPSA) is 145 Å². The number of hydrogen-bond donors (Lipinski definition) is 3. The highest BCUT2D eigenvalue weighted by Gasteiger charge is 2.23. The van der Waals surface area contributed by atoms with E-state index < -0.39 is 0 Å². The lowest BCUT2D eigenvalue weighted by molar-refractivity contribution is 0.296. The molecular formula is C18H18N4O4S. The molecule has 0 radical (unpaired) electrons. The molecule has 0 spiro atoms. The van der Waals surface area contributed by atoms with Gasteiger partial charge in [0.2, 0.25) is 5.75 Å². The molecule has 1 aromatic carbocycles. The summed E-state index contributed by atoms with van der Waals surface area (Å²) in [6.07, 6.45) is 0.521. The number of pyridine rings is 1. The Balaban J connectivity index is 2.79. The summed E-state index contributed by atoms with van der Waals surface area (Å²) in [6.45, 7) is 0.0138. The lowest BCUT2D eigenvalue weighted by Crippen LogP contribution is -2.04. The van der Waals surface area contributed by atoms with E-state index in [0.29, 0.717) is 22.8 Å². The van der Waals surface area contributed by atoms with Crippen LogP contribution in [0.5, 0.6) is 17.2 Å². The van der Waals surface area contributed by atoms with Gasteiger partial charge in [0.15, 0.2) is 11.5 Å². The molecule has 140 valence electrons. The van der Waals surface area contributed by atoms with Crippen molar-refractivity contribution in [2.75, 3.05) is 32.3 Å². The van der Waals surface area contributed by atoms with E-state index in [1.165, 1.54) is 38.1 Å². The van der Waals surface area contributed by atoms with Gasteiger partial charge in [0.05, 0.1) is 19.8 Å². The van der Waals surface area contributed by atoms with Crippen molar-refractivity contribution in [1.29, 1.82) is 10.5 Å². The fraction of sp³-hybridized carbons (Fsp3) is 0.278. The maximum absolute atomic E-state index is 10.1. The van der Waals surface area contributed by atoms with E-state index in [4.69, 9.17) is 20.3 Å². The van der Waals surface area contributed by atoms with Gasteiger partial charge in [0, 0.05) is 17.9 Å². The Bertz CT molecular complexity index is 909. The summed E-state index contributed by atoms with van der Waals surface area (Å²) in [5, 5.41) is 38.7. The van der Waals surface area contributed by atoms with Crippen LogP contribution >= 0.6 is 11.8 Å². The number of nitriles is 2. The Morgan fingerprint density at radius 1 is 1.15 bits per heavy atom. The van der Waals surface area contributed by atoms with E-state index in [1.54, 1.807) is 0 Å². The molecule has 9 heteroatoms. The molecular weight excluding hydrogens is 368 g/mol. The number of benzene rings is 1. The van der Waals surface area contributed by atoms with E-state index in [-0.39, 0.29) is 46.4 Å². The lowest BCUT2D eigenvalue weighted by atomic mass is 9.96. The molecule has 0 saturated heterocycles. The molecule has 0 amide bonds. The summed E-state index contributed by atoms with van der Waals surface area (Å²) in [5.41, 5.74) is 6.89. The molecule has 4 N–H and O–H groups in total. The van der Waals surface area contributed by atoms with E-state index in [1.807, 2.05) is 6.07 Å².